The predicted octanol–water partition coefficient (Wildman–Crippen LogP) is 2.30. The van der Waals surface area contributed by atoms with Crippen LogP contribution in [0.1, 0.15) is 17.3 Å². The summed E-state index contributed by atoms with van der Waals surface area (Å²) in [6, 6.07) is 5.27. The fraction of sp³-hybridized carbons (Fsp3) is 0.444. The van der Waals surface area contributed by atoms with Crippen molar-refractivity contribution in [2.75, 3.05) is 45.3 Å². The van der Waals surface area contributed by atoms with Crippen LogP contribution in [0.4, 0.5) is 5.95 Å². The highest BCUT2D eigenvalue weighted by molar-refractivity contribution is 5.95. The summed E-state index contributed by atoms with van der Waals surface area (Å²) in [4.78, 5) is 21.4. The summed E-state index contributed by atoms with van der Waals surface area (Å²) < 4.78 is 12.6. The van der Waals surface area contributed by atoms with Crippen LogP contribution in [0.25, 0.3) is 0 Å². The Morgan fingerprint density at radius 2 is 1.69 bits per heavy atom. The van der Waals surface area contributed by atoms with Crippen molar-refractivity contribution in [1.82, 2.24) is 14.5 Å². The van der Waals surface area contributed by atoms with Gasteiger partial charge in [-0.3, -0.25) is 4.79 Å². The molecule has 1 aliphatic heterocycles. The molecular formula is C18H25ClN4O3. The smallest absolute Gasteiger partial charge is 0.254 e. The number of carbonyl (C=O) groups is 1. The molecular weight excluding hydrogens is 356 g/mol. The molecule has 0 aliphatic carbocycles. The van der Waals surface area contributed by atoms with Gasteiger partial charge in [0.05, 0.1) is 14.2 Å². The number of anilines is 1. The molecule has 2 aromatic rings. The highest BCUT2D eigenvalue weighted by atomic mass is 35.5. The van der Waals surface area contributed by atoms with Crippen LogP contribution in [0.2, 0.25) is 0 Å². The molecule has 0 unspecified atom stereocenters. The maximum atomic E-state index is 12.8. The minimum atomic E-state index is -0.00400. The summed E-state index contributed by atoms with van der Waals surface area (Å²) in [5.74, 6) is 2.20. The minimum Gasteiger partial charge on any atom is -0.497 e. The van der Waals surface area contributed by atoms with E-state index in [4.69, 9.17) is 9.47 Å². The number of benzene rings is 1. The molecule has 0 bridgehead atoms. The van der Waals surface area contributed by atoms with Crippen molar-refractivity contribution < 1.29 is 14.3 Å². The van der Waals surface area contributed by atoms with Gasteiger partial charge in [0.1, 0.15) is 11.5 Å². The molecule has 142 valence electrons. The molecule has 8 heteroatoms. The van der Waals surface area contributed by atoms with Gasteiger partial charge in [-0.15, -0.1) is 12.4 Å². The van der Waals surface area contributed by atoms with E-state index in [1.807, 2.05) is 17.3 Å². The second-order valence-corrected chi connectivity index (χ2v) is 5.89. The van der Waals surface area contributed by atoms with E-state index in [2.05, 4.69) is 21.4 Å². The Kier molecular flexibility index (Phi) is 6.74. The number of nitrogens with zero attached hydrogens (tertiary/aromatic N) is 4. The van der Waals surface area contributed by atoms with Crippen molar-refractivity contribution >= 4 is 24.3 Å². The maximum Gasteiger partial charge on any atom is 0.254 e. The molecule has 2 heterocycles. The van der Waals surface area contributed by atoms with Crippen LogP contribution >= 0.6 is 12.4 Å². The maximum absolute atomic E-state index is 12.8. The lowest BCUT2D eigenvalue weighted by Crippen LogP contribution is -2.49. The lowest BCUT2D eigenvalue weighted by molar-refractivity contribution is 0.0745. The van der Waals surface area contributed by atoms with E-state index in [0.29, 0.717) is 30.2 Å². The Balaban J connectivity index is 0.00000243. The quantitative estimate of drug-likeness (QED) is 0.796. The second kappa shape index (κ2) is 8.80. The number of imidazole rings is 1. The molecule has 1 amide bonds. The first-order chi connectivity index (χ1) is 12.2. The minimum absolute atomic E-state index is 0. The van der Waals surface area contributed by atoms with Crippen LogP contribution in [0.15, 0.2) is 30.6 Å². The van der Waals surface area contributed by atoms with Gasteiger partial charge in [0.15, 0.2) is 0 Å². The standard InChI is InChI=1S/C18H24N4O3.ClH/c1-4-20-6-5-19-18(20)22-9-7-21(8-10-22)17(23)14-11-15(24-2)13-16(12-14)25-3;/h5-6,11-13H,4,7-10H2,1-3H3;1H. The van der Waals surface area contributed by atoms with Crippen LogP contribution in [0, 0.1) is 0 Å². The molecule has 7 nitrogen and oxygen atoms in total. The van der Waals surface area contributed by atoms with E-state index < -0.39 is 0 Å². The van der Waals surface area contributed by atoms with E-state index in [1.165, 1.54) is 0 Å². The number of hydrogen-bond donors (Lipinski definition) is 0. The Labute approximate surface area is 159 Å². The fourth-order valence-electron chi connectivity index (χ4n) is 3.05. The first kappa shape index (κ1) is 19.9. The number of piperazine rings is 1. The third-order valence-corrected chi connectivity index (χ3v) is 4.48. The third kappa shape index (κ3) is 4.04. The summed E-state index contributed by atoms with van der Waals surface area (Å²) in [7, 11) is 3.16. The number of aromatic nitrogens is 2. The molecule has 0 atom stereocenters. The third-order valence-electron chi connectivity index (χ3n) is 4.48. The topological polar surface area (TPSA) is 59.8 Å². The van der Waals surface area contributed by atoms with Crippen LogP contribution in [-0.4, -0.2) is 60.8 Å². The van der Waals surface area contributed by atoms with Crippen LogP contribution in [0.5, 0.6) is 11.5 Å². The average Bonchev–Trinajstić information content (AvgIpc) is 3.15. The summed E-state index contributed by atoms with van der Waals surface area (Å²) in [5.41, 5.74) is 0.583. The first-order valence-electron chi connectivity index (χ1n) is 8.44. The molecule has 1 fully saturated rings. The van der Waals surface area contributed by atoms with Gasteiger partial charge in [-0.2, -0.15) is 0 Å². The van der Waals surface area contributed by atoms with Crippen molar-refractivity contribution in [3.05, 3.63) is 36.2 Å². The Hall–Kier alpha value is -2.41. The largest absolute Gasteiger partial charge is 0.497 e. The van der Waals surface area contributed by atoms with Crippen molar-refractivity contribution in [1.29, 1.82) is 0 Å². The summed E-state index contributed by atoms with van der Waals surface area (Å²) in [5, 5.41) is 0. The molecule has 1 aliphatic rings. The molecule has 1 aromatic heterocycles. The second-order valence-electron chi connectivity index (χ2n) is 5.89. The van der Waals surface area contributed by atoms with E-state index in [-0.39, 0.29) is 18.3 Å². The van der Waals surface area contributed by atoms with Crippen molar-refractivity contribution in [2.24, 2.45) is 0 Å². The lowest BCUT2D eigenvalue weighted by atomic mass is 10.1. The number of hydrogen-bond acceptors (Lipinski definition) is 5. The zero-order valence-corrected chi connectivity index (χ0v) is 16.2. The van der Waals surface area contributed by atoms with Gasteiger partial charge in [0.25, 0.3) is 5.91 Å². The van der Waals surface area contributed by atoms with Gasteiger partial charge < -0.3 is 23.8 Å². The van der Waals surface area contributed by atoms with E-state index in [9.17, 15) is 4.79 Å². The predicted molar refractivity (Wildman–Crippen MR) is 103 cm³/mol. The van der Waals surface area contributed by atoms with Gasteiger partial charge in [-0.1, -0.05) is 0 Å². The van der Waals surface area contributed by atoms with E-state index in [1.54, 1.807) is 32.4 Å². The monoisotopic (exact) mass is 380 g/mol. The molecule has 0 spiro atoms. The summed E-state index contributed by atoms with van der Waals surface area (Å²) in [6.07, 6.45) is 3.80. The molecule has 1 saturated heterocycles. The Morgan fingerprint density at radius 3 is 2.23 bits per heavy atom. The summed E-state index contributed by atoms with van der Waals surface area (Å²) >= 11 is 0. The number of carbonyl (C=O) groups excluding carboxylic acids is 1. The van der Waals surface area contributed by atoms with Crippen molar-refractivity contribution in [3.8, 4) is 11.5 Å². The van der Waals surface area contributed by atoms with Gasteiger partial charge in [0, 0.05) is 56.7 Å². The van der Waals surface area contributed by atoms with Crippen LogP contribution in [0.3, 0.4) is 0 Å². The summed E-state index contributed by atoms with van der Waals surface area (Å²) in [6.45, 7) is 5.84. The SMILES string of the molecule is CCn1ccnc1N1CCN(C(=O)c2cc(OC)cc(OC)c2)CC1.Cl. The molecule has 0 saturated carbocycles. The number of rotatable bonds is 5. The van der Waals surface area contributed by atoms with Gasteiger partial charge in [-0.05, 0) is 19.1 Å². The van der Waals surface area contributed by atoms with Gasteiger partial charge >= 0.3 is 0 Å². The molecule has 0 N–H and O–H groups in total. The molecule has 26 heavy (non-hydrogen) atoms. The number of aryl methyl sites for hydroxylation is 1. The molecule has 1 aromatic carbocycles. The number of ether oxygens (including phenoxy) is 2. The van der Waals surface area contributed by atoms with Gasteiger partial charge in [0.2, 0.25) is 5.95 Å². The Bertz CT molecular complexity index is 720. The molecule has 0 radical (unpaired) electrons. The zero-order valence-electron chi connectivity index (χ0n) is 15.3. The van der Waals surface area contributed by atoms with E-state index in [0.717, 1.165) is 25.6 Å². The number of amides is 1. The van der Waals surface area contributed by atoms with E-state index >= 15 is 0 Å². The number of methoxy groups -OCH3 is 2. The zero-order chi connectivity index (χ0) is 17.8. The Morgan fingerprint density at radius 1 is 1.08 bits per heavy atom. The fourth-order valence-corrected chi connectivity index (χ4v) is 3.05. The number of halogens is 1. The van der Waals surface area contributed by atoms with Crippen molar-refractivity contribution in [3.63, 3.8) is 0 Å². The first-order valence-corrected chi connectivity index (χ1v) is 8.44. The van der Waals surface area contributed by atoms with Crippen LogP contribution < -0.4 is 14.4 Å². The van der Waals surface area contributed by atoms with Crippen molar-refractivity contribution in [2.45, 2.75) is 13.5 Å². The van der Waals surface area contributed by atoms with Crippen LogP contribution in [-0.2, 0) is 6.54 Å². The highest BCUT2D eigenvalue weighted by Gasteiger charge is 2.24. The average molecular weight is 381 g/mol. The van der Waals surface area contributed by atoms with Gasteiger partial charge in [-0.25, -0.2) is 4.98 Å². The normalized spacial score (nSPS) is 14.0. The highest BCUT2D eigenvalue weighted by Crippen LogP contribution is 2.24. The molecule has 3 rings (SSSR count). The lowest BCUT2D eigenvalue weighted by Gasteiger charge is -2.35.